The van der Waals surface area contributed by atoms with Crippen LogP contribution in [0.25, 0.3) is 0 Å². The maximum absolute atomic E-state index is 13.6. The predicted octanol–water partition coefficient (Wildman–Crippen LogP) is 5.00. The van der Waals surface area contributed by atoms with Gasteiger partial charge in [0, 0.05) is 36.6 Å². The van der Waals surface area contributed by atoms with Crippen LogP contribution in [0.2, 0.25) is 0 Å². The number of hydrogen-bond acceptors (Lipinski definition) is 6. The molecule has 32 heavy (non-hydrogen) atoms. The monoisotopic (exact) mass is 480 g/mol. The molecule has 1 atom stereocenters. The quantitative estimate of drug-likeness (QED) is 0.553. The fourth-order valence-electron chi connectivity index (χ4n) is 3.91. The molecule has 1 saturated carbocycles. The minimum atomic E-state index is -0.526. The maximum Gasteiger partial charge on any atom is 0.229 e. The van der Waals surface area contributed by atoms with Crippen molar-refractivity contribution in [3.8, 4) is 6.07 Å². The van der Waals surface area contributed by atoms with Crippen molar-refractivity contribution < 1.29 is 4.39 Å². The van der Waals surface area contributed by atoms with Crippen LogP contribution in [0.1, 0.15) is 50.3 Å². The average Bonchev–Trinajstić information content (AvgIpc) is 3.58. The molecule has 1 aromatic carbocycles. The van der Waals surface area contributed by atoms with Crippen molar-refractivity contribution >= 4 is 42.3 Å². The molecule has 4 rings (SSSR count). The summed E-state index contributed by atoms with van der Waals surface area (Å²) in [5, 5.41) is 16.0. The van der Waals surface area contributed by atoms with E-state index in [1.807, 2.05) is 6.07 Å². The van der Waals surface area contributed by atoms with E-state index in [0.717, 1.165) is 56.3 Å². The number of benzene rings is 1. The van der Waals surface area contributed by atoms with Crippen LogP contribution in [0.4, 0.5) is 21.8 Å². The number of anilines is 3. The molecule has 2 aliphatic rings. The van der Waals surface area contributed by atoms with Gasteiger partial charge in [0.05, 0.1) is 5.56 Å². The molecule has 0 unspecified atom stereocenters. The van der Waals surface area contributed by atoms with E-state index in [-0.39, 0.29) is 30.4 Å². The number of halogens is 3. The van der Waals surface area contributed by atoms with Crippen molar-refractivity contribution in [1.29, 1.82) is 5.26 Å². The number of nitrogens with one attached hydrogen (secondary N) is 2. The van der Waals surface area contributed by atoms with Crippen LogP contribution in [-0.4, -0.2) is 35.6 Å². The lowest BCUT2D eigenvalue weighted by molar-refractivity contribution is 0.414. The SMILES string of the molecule is CCCc1cc(N2CCC[C@@H](NCC3CC3)C2)nc(Nc2ccc(F)c(C#N)c2)n1.Cl.Cl. The van der Waals surface area contributed by atoms with Gasteiger partial charge < -0.3 is 15.5 Å². The van der Waals surface area contributed by atoms with Crippen LogP contribution in [0.15, 0.2) is 24.3 Å². The molecule has 2 N–H and O–H groups in total. The second kappa shape index (κ2) is 12.2. The number of rotatable bonds is 8. The van der Waals surface area contributed by atoms with Gasteiger partial charge >= 0.3 is 0 Å². The largest absolute Gasteiger partial charge is 0.355 e. The zero-order chi connectivity index (χ0) is 20.9. The number of nitrogens with zero attached hydrogens (tertiary/aromatic N) is 4. The number of aromatic nitrogens is 2. The van der Waals surface area contributed by atoms with E-state index in [2.05, 4.69) is 33.5 Å². The first-order chi connectivity index (χ1) is 14.6. The Morgan fingerprint density at radius 1 is 1.19 bits per heavy atom. The Morgan fingerprint density at radius 3 is 2.72 bits per heavy atom. The minimum Gasteiger partial charge on any atom is -0.355 e. The van der Waals surface area contributed by atoms with E-state index in [1.165, 1.54) is 31.4 Å². The van der Waals surface area contributed by atoms with Crippen LogP contribution < -0.4 is 15.5 Å². The average molecular weight is 481 g/mol. The Labute approximate surface area is 201 Å². The third-order valence-corrected chi connectivity index (χ3v) is 5.75. The highest BCUT2D eigenvalue weighted by Gasteiger charge is 2.25. The van der Waals surface area contributed by atoms with Gasteiger partial charge in [-0.15, -0.1) is 24.8 Å². The third kappa shape index (κ3) is 6.93. The van der Waals surface area contributed by atoms with Gasteiger partial charge in [-0.05, 0) is 62.8 Å². The van der Waals surface area contributed by atoms with E-state index in [0.29, 0.717) is 17.7 Å². The molecule has 0 spiro atoms. The molecule has 1 aliphatic carbocycles. The number of piperidine rings is 1. The van der Waals surface area contributed by atoms with Crippen LogP contribution in [-0.2, 0) is 6.42 Å². The molecule has 0 radical (unpaired) electrons. The summed E-state index contributed by atoms with van der Waals surface area (Å²) >= 11 is 0. The van der Waals surface area contributed by atoms with E-state index in [1.54, 1.807) is 6.07 Å². The van der Waals surface area contributed by atoms with Gasteiger partial charge in [0.25, 0.3) is 0 Å². The van der Waals surface area contributed by atoms with E-state index in [9.17, 15) is 4.39 Å². The Bertz CT molecular complexity index is 931. The molecule has 2 fully saturated rings. The molecule has 2 aromatic rings. The predicted molar refractivity (Wildman–Crippen MR) is 131 cm³/mol. The maximum atomic E-state index is 13.6. The normalized spacial score (nSPS) is 17.7. The molecule has 0 amide bonds. The van der Waals surface area contributed by atoms with E-state index >= 15 is 0 Å². The topological polar surface area (TPSA) is 76.9 Å². The summed E-state index contributed by atoms with van der Waals surface area (Å²) in [4.78, 5) is 11.7. The van der Waals surface area contributed by atoms with Gasteiger partial charge in [0.15, 0.2) is 0 Å². The molecule has 9 heteroatoms. The van der Waals surface area contributed by atoms with Crippen molar-refractivity contribution in [2.45, 2.75) is 51.5 Å². The summed E-state index contributed by atoms with van der Waals surface area (Å²) in [6.45, 7) is 5.19. The summed E-state index contributed by atoms with van der Waals surface area (Å²) in [7, 11) is 0. The second-order valence-corrected chi connectivity index (χ2v) is 8.36. The van der Waals surface area contributed by atoms with Crippen LogP contribution in [0.3, 0.4) is 0 Å². The van der Waals surface area contributed by atoms with Crippen LogP contribution in [0.5, 0.6) is 0 Å². The zero-order valence-electron chi connectivity index (χ0n) is 18.3. The Kier molecular flexibility index (Phi) is 9.95. The first kappa shape index (κ1) is 26.1. The van der Waals surface area contributed by atoms with Crippen molar-refractivity contribution in [1.82, 2.24) is 15.3 Å². The lowest BCUT2D eigenvalue weighted by Gasteiger charge is -2.34. The van der Waals surface area contributed by atoms with Crippen LogP contribution >= 0.6 is 24.8 Å². The van der Waals surface area contributed by atoms with Gasteiger partial charge in [-0.25, -0.2) is 9.37 Å². The molecular weight excluding hydrogens is 450 g/mol. The Morgan fingerprint density at radius 2 is 2.00 bits per heavy atom. The zero-order valence-corrected chi connectivity index (χ0v) is 19.9. The first-order valence-electron chi connectivity index (χ1n) is 11.0. The van der Waals surface area contributed by atoms with Gasteiger partial charge in [-0.2, -0.15) is 10.2 Å². The number of aryl methyl sites for hydroxylation is 1. The first-order valence-corrected chi connectivity index (χ1v) is 11.0. The molecule has 1 saturated heterocycles. The van der Waals surface area contributed by atoms with Crippen LogP contribution in [0, 0.1) is 23.1 Å². The highest BCUT2D eigenvalue weighted by Crippen LogP contribution is 2.28. The van der Waals surface area contributed by atoms with Crippen molar-refractivity contribution in [3.63, 3.8) is 0 Å². The standard InChI is InChI=1S/C23H29FN6.2ClH/c1-2-4-18-12-22(30-10-3-5-20(15-30)26-14-16-6-7-16)29-23(27-18)28-19-8-9-21(24)17(11-19)13-25;;/h8-9,11-12,16,20,26H,2-7,10,14-15H2,1H3,(H,27,28,29);2*1H/t20-;;/m1../s1. The molecule has 0 bridgehead atoms. The lowest BCUT2D eigenvalue weighted by atomic mass is 10.1. The van der Waals surface area contributed by atoms with E-state index in [4.69, 9.17) is 10.2 Å². The third-order valence-electron chi connectivity index (χ3n) is 5.75. The van der Waals surface area contributed by atoms with Crippen molar-refractivity contribution in [2.24, 2.45) is 5.92 Å². The Hall–Kier alpha value is -2.14. The molecule has 2 heterocycles. The number of nitriles is 1. The minimum absolute atomic E-state index is 0. The molecule has 1 aliphatic heterocycles. The highest BCUT2D eigenvalue weighted by atomic mass is 35.5. The van der Waals surface area contributed by atoms with Crippen molar-refractivity contribution in [2.75, 3.05) is 29.9 Å². The fraction of sp³-hybridized carbons (Fsp3) is 0.522. The fourth-order valence-corrected chi connectivity index (χ4v) is 3.91. The summed E-state index contributed by atoms with van der Waals surface area (Å²) in [5.41, 5.74) is 1.60. The number of hydrogen-bond donors (Lipinski definition) is 2. The van der Waals surface area contributed by atoms with Gasteiger partial charge in [-0.3, -0.25) is 0 Å². The van der Waals surface area contributed by atoms with Gasteiger partial charge in [-0.1, -0.05) is 13.3 Å². The van der Waals surface area contributed by atoms with Gasteiger partial charge in [0.1, 0.15) is 17.7 Å². The highest BCUT2D eigenvalue weighted by molar-refractivity contribution is 5.85. The molecule has 174 valence electrons. The Balaban J connectivity index is 0.00000181. The summed E-state index contributed by atoms with van der Waals surface area (Å²) in [6, 6.07) is 8.84. The lowest BCUT2D eigenvalue weighted by Crippen LogP contribution is -2.46. The molecule has 6 nitrogen and oxygen atoms in total. The summed E-state index contributed by atoms with van der Waals surface area (Å²) in [6.07, 6.45) is 6.93. The summed E-state index contributed by atoms with van der Waals surface area (Å²) < 4.78 is 13.6. The van der Waals surface area contributed by atoms with E-state index < -0.39 is 5.82 Å². The summed E-state index contributed by atoms with van der Waals surface area (Å²) in [5.74, 6) is 1.76. The van der Waals surface area contributed by atoms with Gasteiger partial charge in [0.2, 0.25) is 5.95 Å². The second-order valence-electron chi connectivity index (χ2n) is 8.36. The molecule has 1 aromatic heterocycles. The smallest absolute Gasteiger partial charge is 0.229 e. The van der Waals surface area contributed by atoms with Crippen molar-refractivity contribution in [3.05, 3.63) is 41.3 Å². The molecular formula is C23H31Cl2FN6.